The van der Waals surface area contributed by atoms with Crippen LogP contribution in [0.4, 0.5) is 4.79 Å². The van der Waals surface area contributed by atoms with Gasteiger partial charge in [0.15, 0.2) is 0 Å². The van der Waals surface area contributed by atoms with Crippen LogP contribution >= 0.6 is 0 Å². The summed E-state index contributed by atoms with van der Waals surface area (Å²) in [5.74, 6) is 1.31. The molecule has 0 aromatic heterocycles. The molecule has 0 saturated carbocycles. The van der Waals surface area contributed by atoms with Crippen molar-refractivity contribution >= 4 is 12.0 Å². The molecular formula is C23H35N3O4. The number of amides is 2. The van der Waals surface area contributed by atoms with Crippen molar-refractivity contribution in [3.63, 3.8) is 0 Å². The van der Waals surface area contributed by atoms with Crippen LogP contribution in [0.3, 0.4) is 0 Å². The highest BCUT2D eigenvalue weighted by atomic mass is 16.6. The van der Waals surface area contributed by atoms with E-state index in [1.807, 2.05) is 36.9 Å². The summed E-state index contributed by atoms with van der Waals surface area (Å²) in [5, 5.41) is 0. The number of benzene rings is 1. The summed E-state index contributed by atoms with van der Waals surface area (Å²) < 4.78 is 10.7. The van der Waals surface area contributed by atoms with Crippen molar-refractivity contribution < 1.29 is 19.1 Å². The topological polar surface area (TPSA) is 62.3 Å². The van der Waals surface area contributed by atoms with Crippen LogP contribution in [0.25, 0.3) is 0 Å². The van der Waals surface area contributed by atoms with Gasteiger partial charge in [0.1, 0.15) is 5.75 Å². The zero-order valence-electron chi connectivity index (χ0n) is 18.5. The minimum atomic E-state index is -0.241. The van der Waals surface area contributed by atoms with E-state index < -0.39 is 0 Å². The van der Waals surface area contributed by atoms with E-state index in [1.54, 1.807) is 12.0 Å². The average Bonchev–Trinajstić information content (AvgIpc) is 3.13. The number of hydrogen-bond donors (Lipinski definition) is 0. The van der Waals surface area contributed by atoms with Gasteiger partial charge in [-0.05, 0) is 42.9 Å². The Morgan fingerprint density at radius 3 is 2.70 bits per heavy atom. The maximum absolute atomic E-state index is 13.1. The Balaban J connectivity index is 1.54. The summed E-state index contributed by atoms with van der Waals surface area (Å²) >= 11 is 0. The van der Waals surface area contributed by atoms with E-state index in [0.717, 1.165) is 43.7 Å². The first kappa shape index (κ1) is 22.4. The Kier molecular flexibility index (Phi) is 7.96. The minimum Gasteiger partial charge on any atom is -0.497 e. The highest BCUT2D eigenvalue weighted by molar-refractivity contribution is 5.79. The molecule has 2 amide bonds. The average molecular weight is 418 g/mol. The molecule has 3 rings (SSSR count). The fourth-order valence-electron chi connectivity index (χ4n) is 4.18. The second-order valence-corrected chi connectivity index (χ2v) is 8.61. The Labute approximate surface area is 179 Å². The number of likely N-dealkylation sites (tertiary alicyclic amines) is 1. The molecule has 1 aromatic carbocycles. The third kappa shape index (κ3) is 5.88. The van der Waals surface area contributed by atoms with E-state index in [2.05, 4.69) is 11.0 Å². The summed E-state index contributed by atoms with van der Waals surface area (Å²) in [7, 11) is 1.66. The van der Waals surface area contributed by atoms with Gasteiger partial charge in [-0.25, -0.2) is 4.79 Å². The van der Waals surface area contributed by atoms with Crippen LogP contribution in [-0.2, 0) is 9.53 Å². The van der Waals surface area contributed by atoms with Gasteiger partial charge in [-0.1, -0.05) is 26.0 Å². The first-order chi connectivity index (χ1) is 14.5. The predicted octanol–water partition coefficient (Wildman–Crippen LogP) is 3.16. The number of ether oxygens (including phenoxy) is 2. The lowest BCUT2D eigenvalue weighted by atomic mass is 10.0. The van der Waals surface area contributed by atoms with Gasteiger partial charge >= 0.3 is 6.09 Å². The molecule has 166 valence electrons. The van der Waals surface area contributed by atoms with Crippen molar-refractivity contribution in [3.05, 3.63) is 29.8 Å². The van der Waals surface area contributed by atoms with E-state index in [-0.39, 0.29) is 18.0 Å². The van der Waals surface area contributed by atoms with Crippen LogP contribution < -0.4 is 4.74 Å². The van der Waals surface area contributed by atoms with E-state index in [4.69, 9.17) is 9.47 Å². The number of carbonyl (C=O) groups is 2. The van der Waals surface area contributed by atoms with Gasteiger partial charge in [0.2, 0.25) is 5.91 Å². The van der Waals surface area contributed by atoms with Gasteiger partial charge in [-0.3, -0.25) is 9.69 Å². The maximum Gasteiger partial charge on any atom is 0.409 e. The molecule has 0 aliphatic carbocycles. The normalized spacial score (nSPS) is 20.3. The lowest BCUT2D eigenvalue weighted by Gasteiger charge is -2.28. The molecule has 0 radical (unpaired) electrons. The summed E-state index contributed by atoms with van der Waals surface area (Å²) in [6.07, 6.45) is 2.61. The van der Waals surface area contributed by atoms with Crippen molar-refractivity contribution in [2.45, 2.75) is 39.2 Å². The standard InChI is InChI=1S/C23H35N3O4/c1-18(2)17-30-23(28)25-11-6-10-24(13-14-25)16-22(27)26-12-5-9-21(26)19-7-4-8-20(15-19)29-3/h4,7-8,15,18,21H,5-6,9-14,16-17H2,1-3H3. The van der Waals surface area contributed by atoms with Gasteiger partial charge in [-0.2, -0.15) is 0 Å². The second-order valence-electron chi connectivity index (χ2n) is 8.61. The number of methoxy groups -OCH3 is 1. The summed E-state index contributed by atoms with van der Waals surface area (Å²) in [4.78, 5) is 31.3. The number of hydrogen-bond acceptors (Lipinski definition) is 5. The molecule has 2 fully saturated rings. The fraction of sp³-hybridized carbons (Fsp3) is 0.652. The first-order valence-corrected chi connectivity index (χ1v) is 11.1. The van der Waals surface area contributed by atoms with E-state index in [1.165, 1.54) is 0 Å². The van der Waals surface area contributed by atoms with Gasteiger partial charge in [0, 0.05) is 32.7 Å². The largest absolute Gasteiger partial charge is 0.497 e. The predicted molar refractivity (Wildman–Crippen MR) is 115 cm³/mol. The minimum absolute atomic E-state index is 0.113. The highest BCUT2D eigenvalue weighted by Crippen LogP contribution is 2.33. The molecule has 7 nitrogen and oxygen atoms in total. The van der Waals surface area contributed by atoms with E-state index in [9.17, 15) is 9.59 Å². The van der Waals surface area contributed by atoms with Crippen molar-refractivity contribution in [1.29, 1.82) is 0 Å². The highest BCUT2D eigenvalue weighted by Gasteiger charge is 2.31. The Bertz CT molecular complexity index is 724. The van der Waals surface area contributed by atoms with E-state index in [0.29, 0.717) is 38.7 Å². The third-order valence-corrected chi connectivity index (χ3v) is 5.80. The zero-order valence-corrected chi connectivity index (χ0v) is 18.5. The molecule has 1 aromatic rings. The maximum atomic E-state index is 13.1. The van der Waals surface area contributed by atoms with Crippen LogP contribution in [0.5, 0.6) is 5.75 Å². The van der Waals surface area contributed by atoms with Crippen LogP contribution in [0.1, 0.15) is 44.7 Å². The molecule has 0 N–H and O–H groups in total. The second kappa shape index (κ2) is 10.7. The number of carbonyl (C=O) groups excluding carboxylic acids is 2. The Hall–Kier alpha value is -2.28. The van der Waals surface area contributed by atoms with Crippen LogP contribution in [0.15, 0.2) is 24.3 Å². The summed E-state index contributed by atoms with van der Waals surface area (Å²) in [6.45, 7) is 8.48. The van der Waals surface area contributed by atoms with Crippen molar-refractivity contribution in [2.24, 2.45) is 5.92 Å². The Morgan fingerprint density at radius 2 is 1.93 bits per heavy atom. The monoisotopic (exact) mass is 417 g/mol. The molecule has 2 saturated heterocycles. The molecular weight excluding hydrogens is 382 g/mol. The molecule has 2 heterocycles. The molecule has 1 unspecified atom stereocenters. The van der Waals surface area contributed by atoms with Crippen LogP contribution in [-0.4, -0.2) is 79.7 Å². The molecule has 0 spiro atoms. The SMILES string of the molecule is COc1cccc(C2CCCN2C(=O)CN2CCCN(C(=O)OCC(C)C)CC2)c1. The van der Waals surface area contributed by atoms with Gasteiger partial charge < -0.3 is 19.3 Å². The molecule has 7 heteroatoms. The number of nitrogens with zero attached hydrogens (tertiary/aromatic N) is 3. The summed E-state index contributed by atoms with van der Waals surface area (Å²) in [6, 6.07) is 8.13. The lowest BCUT2D eigenvalue weighted by molar-refractivity contribution is -0.133. The van der Waals surface area contributed by atoms with Crippen LogP contribution in [0, 0.1) is 5.92 Å². The van der Waals surface area contributed by atoms with Crippen molar-refractivity contribution in [3.8, 4) is 5.75 Å². The number of rotatable bonds is 6. The van der Waals surface area contributed by atoms with Crippen molar-refractivity contribution in [2.75, 3.05) is 53.0 Å². The van der Waals surface area contributed by atoms with Crippen molar-refractivity contribution in [1.82, 2.24) is 14.7 Å². The van der Waals surface area contributed by atoms with Gasteiger partial charge in [-0.15, -0.1) is 0 Å². The van der Waals surface area contributed by atoms with Crippen LogP contribution in [0.2, 0.25) is 0 Å². The molecule has 2 aliphatic rings. The van der Waals surface area contributed by atoms with Gasteiger partial charge in [0.05, 0.1) is 26.3 Å². The smallest absolute Gasteiger partial charge is 0.409 e. The molecule has 30 heavy (non-hydrogen) atoms. The Morgan fingerprint density at radius 1 is 1.10 bits per heavy atom. The molecule has 1 atom stereocenters. The summed E-state index contributed by atoms with van der Waals surface area (Å²) in [5.41, 5.74) is 1.13. The molecule has 0 bridgehead atoms. The van der Waals surface area contributed by atoms with Gasteiger partial charge in [0.25, 0.3) is 0 Å². The lowest BCUT2D eigenvalue weighted by Crippen LogP contribution is -2.42. The van der Waals surface area contributed by atoms with E-state index >= 15 is 0 Å². The quantitative estimate of drug-likeness (QED) is 0.712. The third-order valence-electron chi connectivity index (χ3n) is 5.80. The fourth-order valence-corrected chi connectivity index (χ4v) is 4.18. The molecule has 2 aliphatic heterocycles. The first-order valence-electron chi connectivity index (χ1n) is 11.1. The zero-order chi connectivity index (χ0) is 21.5.